The maximum Gasteiger partial charge on any atom is 0.0991 e. The second-order valence-corrected chi connectivity index (χ2v) is 13.8. The summed E-state index contributed by atoms with van der Waals surface area (Å²) in [7, 11) is 0. The maximum absolute atomic E-state index is 9.60. The molecule has 228 valence electrons. The molecule has 8 aromatic carbocycles. The molecular weight excluding hydrogens is 593 g/mol. The lowest BCUT2D eigenvalue weighted by molar-refractivity contribution is 0.660. The van der Waals surface area contributed by atoms with Crippen molar-refractivity contribution >= 4 is 54.0 Å². The Morgan fingerprint density at radius 1 is 0.490 bits per heavy atom. The first-order valence-electron chi connectivity index (χ1n) is 16.9. The van der Waals surface area contributed by atoms with E-state index in [1.54, 1.807) is 0 Å². The number of fused-ring (bicyclic) bond motifs is 13. The number of pyridine rings is 1. The van der Waals surface area contributed by atoms with Gasteiger partial charge in [0.1, 0.15) is 0 Å². The molecule has 0 amide bonds. The third-order valence-corrected chi connectivity index (χ3v) is 10.8. The van der Waals surface area contributed by atoms with Gasteiger partial charge < -0.3 is 0 Å². The number of benzene rings is 8. The van der Waals surface area contributed by atoms with Crippen LogP contribution in [0.2, 0.25) is 0 Å². The highest BCUT2D eigenvalue weighted by Crippen LogP contribution is 2.50. The van der Waals surface area contributed by atoms with Crippen LogP contribution < -0.4 is 0 Å². The van der Waals surface area contributed by atoms with Gasteiger partial charge in [-0.3, -0.25) is 0 Å². The van der Waals surface area contributed by atoms with Crippen LogP contribution in [0, 0.1) is 11.3 Å². The van der Waals surface area contributed by atoms with Crippen molar-refractivity contribution in [3.05, 3.63) is 162 Å². The van der Waals surface area contributed by atoms with Crippen LogP contribution in [0.25, 0.3) is 87.5 Å². The molecule has 0 unspecified atom stereocenters. The fraction of sp³-hybridized carbons (Fsp3) is 0.0638. The fourth-order valence-corrected chi connectivity index (χ4v) is 8.46. The van der Waals surface area contributed by atoms with Gasteiger partial charge in [-0.2, -0.15) is 5.26 Å². The minimum absolute atomic E-state index is 0.204. The van der Waals surface area contributed by atoms with E-state index in [0.29, 0.717) is 5.56 Å². The second kappa shape index (κ2) is 10.1. The maximum atomic E-state index is 9.60. The molecule has 2 nitrogen and oxygen atoms in total. The number of nitriles is 1. The summed E-state index contributed by atoms with van der Waals surface area (Å²) in [4.78, 5) is 5.63. The Morgan fingerprint density at radius 3 is 1.92 bits per heavy atom. The van der Waals surface area contributed by atoms with Gasteiger partial charge in [0.15, 0.2) is 0 Å². The molecule has 0 aliphatic heterocycles. The molecule has 9 aromatic rings. The van der Waals surface area contributed by atoms with Crippen LogP contribution in [-0.2, 0) is 5.41 Å². The van der Waals surface area contributed by atoms with Crippen molar-refractivity contribution in [1.82, 2.24) is 4.98 Å². The van der Waals surface area contributed by atoms with E-state index in [1.165, 1.54) is 76.3 Å². The number of hydrogen-bond donors (Lipinski definition) is 0. The summed E-state index contributed by atoms with van der Waals surface area (Å²) in [5.41, 5.74) is 10.9. The summed E-state index contributed by atoms with van der Waals surface area (Å²) in [6, 6.07) is 54.8. The highest BCUT2D eigenvalue weighted by Gasteiger charge is 2.35. The molecular formula is C47H30N2. The number of aromatic nitrogens is 1. The van der Waals surface area contributed by atoms with E-state index in [2.05, 4.69) is 159 Å². The van der Waals surface area contributed by atoms with E-state index >= 15 is 0 Å². The summed E-state index contributed by atoms with van der Waals surface area (Å²) in [6.07, 6.45) is 0. The number of nitrogens with zero attached hydrogens (tertiary/aromatic N) is 2. The van der Waals surface area contributed by atoms with E-state index in [-0.39, 0.29) is 5.41 Å². The Labute approximate surface area is 284 Å². The quantitative estimate of drug-likeness (QED) is 0.180. The van der Waals surface area contributed by atoms with E-state index in [4.69, 9.17) is 4.98 Å². The summed E-state index contributed by atoms with van der Waals surface area (Å²) < 4.78 is 0. The van der Waals surface area contributed by atoms with Crippen LogP contribution in [-0.4, -0.2) is 4.98 Å². The largest absolute Gasteiger partial charge is 0.246 e. The first kappa shape index (κ1) is 27.8. The summed E-state index contributed by atoms with van der Waals surface area (Å²) in [5.74, 6) is 0. The van der Waals surface area contributed by atoms with E-state index < -0.39 is 0 Å². The molecule has 1 aromatic heterocycles. The summed E-state index contributed by atoms with van der Waals surface area (Å²) in [6.45, 7) is 4.53. The standard InChI is InChI=1S/C47H30N2/c1-47(2)41-24-28(27-48)18-21-36(41)37-22-20-31(26-42(37)47)30-11-9-12-32(25-30)45-43-33-13-4-3-10-29(33)19-23-40(43)44-38-16-7-5-14-34(38)35-15-6-8-17-39(35)46(44)49-45/h3-26H,1-2H3. The lowest BCUT2D eigenvalue weighted by atomic mass is 9.81. The Kier molecular flexibility index (Phi) is 5.73. The molecule has 0 atom stereocenters. The zero-order valence-corrected chi connectivity index (χ0v) is 27.3. The van der Waals surface area contributed by atoms with Crippen LogP contribution in [0.4, 0.5) is 0 Å². The zero-order chi connectivity index (χ0) is 32.9. The van der Waals surface area contributed by atoms with Crippen molar-refractivity contribution in [2.75, 3.05) is 0 Å². The van der Waals surface area contributed by atoms with Gasteiger partial charge in [-0.1, -0.05) is 135 Å². The normalized spacial score (nSPS) is 13.2. The van der Waals surface area contributed by atoms with Gasteiger partial charge in [0, 0.05) is 27.1 Å². The van der Waals surface area contributed by atoms with Crippen LogP contribution in [0.5, 0.6) is 0 Å². The smallest absolute Gasteiger partial charge is 0.0991 e. The van der Waals surface area contributed by atoms with E-state index in [1.807, 2.05) is 6.07 Å². The minimum atomic E-state index is -0.204. The third kappa shape index (κ3) is 3.91. The first-order chi connectivity index (χ1) is 24.0. The molecule has 0 radical (unpaired) electrons. The Bertz CT molecular complexity index is 2920. The highest BCUT2D eigenvalue weighted by atomic mass is 14.7. The zero-order valence-electron chi connectivity index (χ0n) is 27.3. The molecule has 10 rings (SSSR count). The van der Waals surface area contributed by atoms with E-state index in [9.17, 15) is 5.26 Å². The lowest BCUT2D eigenvalue weighted by Crippen LogP contribution is -2.15. The molecule has 1 aliphatic carbocycles. The first-order valence-corrected chi connectivity index (χ1v) is 16.9. The SMILES string of the molecule is CC1(C)c2cc(C#N)ccc2-c2ccc(-c3cccc(-c4nc5c6ccccc6c6ccccc6c5c5ccc6ccccc6c45)c3)cc21. The van der Waals surface area contributed by atoms with Crippen molar-refractivity contribution < 1.29 is 0 Å². The second-order valence-electron chi connectivity index (χ2n) is 13.8. The molecule has 0 N–H and O–H groups in total. The third-order valence-electron chi connectivity index (χ3n) is 10.8. The van der Waals surface area contributed by atoms with Crippen molar-refractivity contribution in [3.8, 4) is 39.6 Å². The van der Waals surface area contributed by atoms with Crippen molar-refractivity contribution in [2.45, 2.75) is 19.3 Å². The van der Waals surface area contributed by atoms with Gasteiger partial charge in [-0.05, 0) is 90.0 Å². The molecule has 1 heterocycles. The molecule has 0 fully saturated rings. The van der Waals surface area contributed by atoms with Gasteiger partial charge in [0.25, 0.3) is 0 Å². The average Bonchev–Trinajstić information content (AvgIpc) is 3.39. The van der Waals surface area contributed by atoms with Crippen LogP contribution in [0.3, 0.4) is 0 Å². The van der Waals surface area contributed by atoms with Gasteiger partial charge in [0.05, 0.1) is 22.8 Å². The molecule has 0 bridgehead atoms. The monoisotopic (exact) mass is 622 g/mol. The Hall–Kier alpha value is -6.30. The summed E-state index contributed by atoms with van der Waals surface area (Å²) >= 11 is 0. The van der Waals surface area contributed by atoms with Crippen LogP contribution in [0.15, 0.2) is 146 Å². The topological polar surface area (TPSA) is 36.7 Å². The molecule has 1 aliphatic rings. The molecule has 0 saturated heterocycles. The summed E-state index contributed by atoms with van der Waals surface area (Å²) in [5, 5.41) is 20.5. The predicted octanol–water partition coefficient (Wildman–Crippen LogP) is 12.4. The fourth-order valence-electron chi connectivity index (χ4n) is 8.46. The van der Waals surface area contributed by atoms with Gasteiger partial charge in [-0.15, -0.1) is 0 Å². The number of hydrogen-bond acceptors (Lipinski definition) is 2. The van der Waals surface area contributed by atoms with Crippen molar-refractivity contribution in [1.29, 1.82) is 5.26 Å². The lowest BCUT2D eigenvalue weighted by Gasteiger charge is -2.22. The molecule has 0 spiro atoms. The molecule has 49 heavy (non-hydrogen) atoms. The number of rotatable bonds is 2. The highest BCUT2D eigenvalue weighted by molar-refractivity contribution is 6.33. The van der Waals surface area contributed by atoms with Crippen molar-refractivity contribution in [3.63, 3.8) is 0 Å². The molecule has 0 saturated carbocycles. The Balaban J connectivity index is 1.24. The van der Waals surface area contributed by atoms with Gasteiger partial charge >= 0.3 is 0 Å². The molecule has 2 heteroatoms. The minimum Gasteiger partial charge on any atom is -0.246 e. The van der Waals surface area contributed by atoms with Gasteiger partial charge in [-0.25, -0.2) is 4.98 Å². The van der Waals surface area contributed by atoms with Crippen LogP contribution >= 0.6 is 0 Å². The van der Waals surface area contributed by atoms with Crippen molar-refractivity contribution in [2.24, 2.45) is 0 Å². The Morgan fingerprint density at radius 2 is 1.12 bits per heavy atom. The van der Waals surface area contributed by atoms with E-state index in [0.717, 1.165) is 22.3 Å². The average molecular weight is 623 g/mol. The van der Waals surface area contributed by atoms with Crippen LogP contribution in [0.1, 0.15) is 30.5 Å². The van der Waals surface area contributed by atoms with Gasteiger partial charge in [0.2, 0.25) is 0 Å². The predicted molar refractivity (Wildman–Crippen MR) is 205 cm³/mol.